The maximum absolute atomic E-state index is 12.4. The van der Waals surface area contributed by atoms with Crippen LogP contribution in [-0.4, -0.2) is 23.3 Å². The molecule has 2 aromatic rings. The highest BCUT2D eigenvalue weighted by atomic mass is 16.6. The van der Waals surface area contributed by atoms with Crippen molar-refractivity contribution in [2.24, 2.45) is 0 Å². The molecule has 8 nitrogen and oxygen atoms in total. The molecule has 0 radical (unpaired) electrons. The van der Waals surface area contributed by atoms with Crippen LogP contribution < -0.4 is 15.4 Å². The molecule has 0 fully saturated rings. The van der Waals surface area contributed by atoms with Crippen molar-refractivity contribution in [1.82, 2.24) is 0 Å². The lowest BCUT2D eigenvalue weighted by Gasteiger charge is -2.10. The second kappa shape index (κ2) is 8.61. The molecule has 0 unspecified atom stereocenters. The lowest BCUT2D eigenvalue weighted by molar-refractivity contribution is -0.384. The van der Waals surface area contributed by atoms with Gasteiger partial charge in [-0.2, -0.15) is 0 Å². The zero-order valence-electron chi connectivity index (χ0n) is 14.4. The molecule has 8 heteroatoms. The van der Waals surface area contributed by atoms with Crippen molar-refractivity contribution >= 4 is 28.9 Å². The molecule has 0 aliphatic carbocycles. The second-order valence-corrected chi connectivity index (χ2v) is 5.50. The van der Waals surface area contributed by atoms with Gasteiger partial charge >= 0.3 is 0 Å². The summed E-state index contributed by atoms with van der Waals surface area (Å²) in [4.78, 5) is 34.2. The minimum absolute atomic E-state index is 0.0637. The van der Waals surface area contributed by atoms with E-state index in [2.05, 4.69) is 10.6 Å². The van der Waals surface area contributed by atoms with Gasteiger partial charge in [0.05, 0.1) is 17.6 Å². The molecule has 0 saturated carbocycles. The summed E-state index contributed by atoms with van der Waals surface area (Å²) < 4.78 is 5.39. The zero-order valence-corrected chi connectivity index (χ0v) is 14.4. The number of amides is 2. The van der Waals surface area contributed by atoms with Crippen LogP contribution in [0, 0.1) is 10.1 Å². The summed E-state index contributed by atoms with van der Waals surface area (Å²) in [5.41, 5.74) is 0.526. The number of hydrogen-bond acceptors (Lipinski definition) is 5. The Morgan fingerprint density at radius 2 is 1.92 bits per heavy atom. The molecule has 2 N–H and O–H groups in total. The maximum Gasteiger partial charge on any atom is 0.296 e. The van der Waals surface area contributed by atoms with Gasteiger partial charge in [0, 0.05) is 18.2 Å². The number of nitrogens with one attached hydrogen (secondary N) is 2. The number of ether oxygens (including phenoxy) is 1. The maximum atomic E-state index is 12.4. The first kappa shape index (κ1) is 18.9. The van der Waals surface area contributed by atoms with Gasteiger partial charge in [0.25, 0.3) is 11.6 Å². The third kappa shape index (κ3) is 5.04. The number of rotatable bonds is 7. The molecule has 2 rings (SSSR count). The van der Waals surface area contributed by atoms with Crippen LogP contribution in [0.1, 0.15) is 30.6 Å². The van der Waals surface area contributed by atoms with Crippen LogP contribution in [-0.2, 0) is 4.79 Å². The van der Waals surface area contributed by atoms with E-state index in [4.69, 9.17) is 4.74 Å². The lowest BCUT2D eigenvalue weighted by Crippen LogP contribution is -2.14. The Hall–Kier alpha value is -3.42. The third-order valence-corrected chi connectivity index (χ3v) is 3.33. The van der Waals surface area contributed by atoms with Crippen molar-refractivity contribution in [2.75, 3.05) is 17.2 Å². The van der Waals surface area contributed by atoms with Gasteiger partial charge in [-0.1, -0.05) is 13.0 Å². The topological polar surface area (TPSA) is 111 Å². The smallest absolute Gasteiger partial charge is 0.296 e. The van der Waals surface area contributed by atoms with Crippen LogP contribution in [0.25, 0.3) is 0 Å². The monoisotopic (exact) mass is 357 g/mol. The molecule has 0 bridgehead atoms. The Morgan fingerprint density at radius 1 is 1.15 bits per heavy atom. The van der Waals surface area contributed by atoms with Gasteiger partial charge in [0.15, 0.2) is 0 Å². The number of hydrogen-bond donors (Lipinski definition) is 2. The van der Waals surface area contributed by atoms with E-state index >= 15 is 0 Å². The van der Waals surface area contributed by atoms with Gasteiger partial charge in [-0.15, -0.1) is 0 Å². The number of carbonyl (C=O) groups excluding carboxylic acids is 2. The predicted octanol–water partition coefficient (Wildman–Crippen LogP) is 3.59. The van der Waals surface area contributed by atoms with Gasteiger partial charge < -0.3 is 15.4 Å². The molecule has 0 spiro atoms. The number of carbonyl (C=O) groups is 2. The summed E-state index contributed by atoms with van der Waals surface area (Å²) >= 11 is 0. The van der Waals surface area contributed by atoms with E-state index < -0.39 is 10.8 Å². The average molecular weight is 357 g/mol. The number of nitrogens with zero attached hydrogens (tertiary/aromatic N) is 1. The van der Waals surface area contributed by atoms with Crippen LogP contribution >= 0.6 is 0 Å². The third-order valence-electron chi connectivity index (χ3n) is 3.33. The van der Waals surface area contributed by atoms with E-state index in [0.29, 0.717) is 18.0 Å². The number of nitro benzene ring substituents is 1. The molecule has 26 heavy (non-hydrogen) atoms. The van der Waals surface area contributed by atoms with Gasteiger partial charge in [-0.25, -0.2) is 0 Å². The Labute approximate surface area is 150 Å². The Morgan fingerprint density at radius 3 is 2.58 bits per heavy atom. The molecule has 0 aliphatic heterocycles. The van der Waals surface area contributed by atoms with Gasteiger partial charge in [-0.3, -0.25) is 19.7 Å². The fourth-order valence-corrected chi connectivity index (χ4v) is 2.21. The molecular weight excluding hydrogens is 338 g/mol. The number of nitro groups is 1. The summed E-state index contributed by atoms with van der Waals surface area (Å²) in [5.74, 6) is -0.424. The van der Waals surface area contributed by atoms with Gasteiger partial charge in [0.1, 0.15) is 11.4 Å². The summed E-state index contributed by atoms with van der Waals surface area (Å²) in [6, 6.07) is 10.5. The van der Waals surface area contributed by atoms with E-state index in [0.717, 1.165) is 6.42 Å². The predicted molar refractivity (Wildman–Crippen MR) is 97.6 cm³/mol. The summed E-state index contributed by atoms with van der Waals surface area (Å²) in [6.45, 7) is 3.73. The van der Waals surface area contributed by atoms with E-state index in [1.807, 2.05) is 6.92 Å². The van der Waals surface area contributed by atoms with Crippen LogP contribution in [0.15, 0.2) is 42.5 Å². The lowest BCUT2D eigenvalue weighted by atomic mass is 10.1. The molecule has 0 atom stereocenters. The minimum atomic E-state index is -0.581. The summed E-state index contributed by atoms with van der Waals surface area (Å²) in [6.07, 6.45) is 0.775. The summed E-state index contributed by atoms with van der Waals surface area (Å²) in [5, 5.41) is 16.4. The van der Waals surface area contributed by atoms with Crippen molar-refractivity contribution in [3.8, 4) is 5.75 Å². The fourth-order valence-electron chi connectivity index (χ4n) is 2.21. The number of benzene rings is 2. The highest BCUT2D eigenvalue weighted by molar-refractivity contribution is 6.06. The van der Waals surface area contributed by atoms with Crippen molar-refractivity contribution in [3.63, 3.8) is 0 Å². The highest BCUT2D eigenvalue weighted by Crippen LogP contribution is 2.29. The largest absolute Gasteiger partial charge is 0.493 e. The first-order chi connectivity index (χ1) is 12.4. The molecule has 0 aromatic heterocycles. The van der Waals surface area contributed by atoms with Crippen molar-refractivity contribution in [3.05, 3.63) is 58.1 Å². The highest BCUT2D eigenvalue weighted by Gasteiger charge is 2.18. The molecule has 0 saturated heterocycles. The van der Waals surface area contributed by atoms with Crippen LogP contribution in [0.3, 0.4) is 0 Å². The van der Waals surface area contributed by atoms with Gasteiger partial charge in [0.2, 0.25) is 5.91 Å². The van der Waals surface area contributed by atoms with E-state index in [1.54, 1.807) is 24.3 Å². The SMILES string of the molecule is CCCOc1ccc(NC(=O)c2cccc(NC(C)=O)c2)c([N+](=O)[O-])c1. The molecule has 2 amide bonds. The molecule has 0 heterocycles. The van der Waals surface area contributed by atoms with E-state index in [9.17, 15) is 19.7 Å². The Balaban J connectivity index is 2.22. The fraction of sp³-hybridized carbons (Fsp3) is 0.222. The van der Waals surface area contributed by atoms with Crippen LogP contribution in [0.2, 0.25) is 0 Å². The number of anilines is 2. The quantitative estimate of drug-likeness (QED) is 0.581. The van der Waals surface area contributed by atoms with Crippen molar-refractivity contribution < 1.29 is 19.2 Å². The molecular formula is C18H19N3O5. The van der Waals surface area contributed by atoms with Crippen LogP contribution in [0.5, 0.6) is 5.75 Å². The van der Waals surface area contributed by atoms with Crippen LogP contribution in [0.4, 0.5) is 17.1 Å². The first-order valence-corrected chi connectivity index (χ1v) is 8.01. The van der Waals surface area contributed by atoms with E-state index in [1.165, 1.54) is 25.1 Å². The standard InChI is InChI=1S/C18H19N3O5/c1-3-9-26-15-7-8-16(17(11-15)21(24)25)20-18(23)13-5-4-6-14(10-13)19-12(2)22/h4-8,10-11H,3,9H2,1-2H3,(H,19,22)(H,20,23). The average Bonchev–Trinajstić information content (AvgIpc) is 2.60. The summed E-state index contributed by atoms with van der Waals surface area (Å²) in [7, 11) is 0. The zero-order chi connectivity index (χ0) is 19.1. The van der Waals surface area contributed by atoms with Gasteiger partial charge in [-0.05, 0) is 36.8 Å². The Kier molecular flexibility index (Phi) is 6.26. The molecule has 0 aliphatic rings. The van der Waals surface area contributed by atoms with Crippen molar-refractivity contribution in [1.29, 1.82) is 0 Å². The Bertz CT molecular complexity index is 835. The van der Waals surface area contributed by atoms with E-state index in [-0.39, 0.29) is 22.8 Å². The second-order valence-electron chi connectivity index (χ2n) is 5.50. The first-order valence-electron chi connectivity index (χ1n) is 8.01. The minimum Gasteiger partial charge on any atom is -0.493 e. The molecule has 136 valence electrons. The molecule has 2 aromatic carbocycles. The normalized spacial score (nSPS) is 10.1. The van der Waals surface area contributed by atoms with Crippen molar-refractivity contribution in [2.45, 2.75) is 20.3 Å².